The number of nitrogens with two attached hydrogens (primary N) is 1. The summed E-state index contributed by atoms with van der Waals surface area (Å²) in [6.07, 6.45) is -0.718. The molecule has 0 spiro atoms. The lowest BCUT2D eigenvalue weighted by Crippen LogP contribution is -2.30. The maximum atomic E-state index is 13.0. The number of nitrogens with one attached hydrogen (secondary N) is 1. The Balaban J connectivity index is 1.40. The minimum absolute atomic E-state index is 0.0875. The molecule has 1 unspecified atom stereocenters. The molecule has 9 heteroatoms. The Kier molecular flexibility index (Phi) is 5.01. The van der Waals surface area contributed by atoms with Gasteiger partial charge in [-0.25, -0.2) is 0 Å². The van der Waals surface area contributed by atoms with Gasteiger partial charge in [0.2, 0.25) is 5.91 Å². The molecule has 0 saturated carbocycles. The maximum Gasteiger partial charge on any atom is 0.416 e. The minimum Gasteiger partial charge on any atom is -0.337 e. The lowest BCUT2D eigenvalue weighted by atomic mass is 9.99. The number of amides is 1. The van der Waals surface area contributed by atoms with E-state index < -0.39 is 17.9 Å². The van der Waals surface area contributed by atoms with Crippen molar-refractivity contribution < 1.29 is 18.0 Å². The minimum atomic E-state index is -4.43. The fourth-order valence-electron chi connectivity index (χ4n) is 4.56. The molecule has 2 aromatic carbocycles. The Morgan fingerprint density at radius 3 is 2.85 bits per heavy atom. The van der Waals surface area contributed by atoms with Crippen molar-refractivity contribution in [2.75, 3.05) is 16.8 Å². The van der Waals surface area contributed by atoms with Crippen LogP contribution in [0.3, 0.4) is 0 Å². The van der Waals surface area contributed by atoms with Gasteiger partial charge in [0.05, 0.1) is 18.3 Å². The Bertz CT molecular complexity index is 1280. The van der Waals surface area contributed by atoms with Gasteiger partial charge in [-0.1, -0.05) is 24.3 Å². The zero-order valence-corrected chi connectivity index (χ0v) is 17.9. The number of carbonyl (C=O) groups is 1. The largest absolute Gasteiger partial charge is 0.416 e. The van der Waals surface area contributed by atoms with Crippen LogP contribution in [0.5, 0.6) is 0 Å². The van der Waals surface area contributed by atoms with Crippen molar-refractivity contribution in [3.63, 3.8) is 0 Å². The topological polar surface area (TPSA) is 75.7 Å². The van der Waals surface area contributed by atoms with Crippen molar-refractivity contribution >= 4 is 23.8 Å². The molecular formula is C24H22F3N5O. The van der Waals surface area contributed by atoms with Crippen LogP contribution in [-0.2, 0) is 30.9 Å². The molecule has 33 heavy (non-hydrogen) atoms. The summed E-state index contributed by atoms with van der Waals surface area (Å²) in [5.74, 6) is 0.671. The third-order valence-electron chi connectivity index (χ3n) is 6.15. The second kappa shape index (κ2) is 7.77. The van der Waals surface area contributed by atoms with Crippen molar-refractivity contribution in [2.24, 2.45) is 17.8 Å². The number of aryl methyl sites for hydroxylation is 1. The number of alkyl halides is 3. The zero-order valence-electron chi connectivity index (χ0n) is 17.9. The zero-order chi connectivity index (χ0) is 23.3. The molecule has 2 aliphatic rings. The fourth-order valence-corrected chi connectivity index (χ4v) is 4.56. The lowest BCUT2D eigenvalue weighted by Gasteiger charge is -2.19. The van der Waals surface area contributed by atoms with Gasteiger partial charge < -0.3 is 20.5 Å². The van der Waals surface area contributed by atoms with Crippen molar-refractivity contribution in [3.8, 4) is 11.1 Å². The van der Waals surface area contributed by atoms with Crippen LogP contribution in [0.1, 0.15) is 28.4 Å². The lowest BCUT2D eigenvalue weighted by molar-refractivity contribution is -0.137. The van der Waals surface area contributed by atoms with Crippen LogP contribution in [0.15, 0.2) is 53.7 Å². The van der Waals surface area contributed by atoms with E-state index in [1.807, 2.05) is 36.0 Å². The van der Waals surface area contributed by atoms with E-state index in [1.165, 1.54) is 6.07 Å². The van der Waals surface area contributed by atoms with E-state index in [2.05, 4.69) is 10.3 Å². The van der Waals surface area contributed by atoms with E-state index in [9.17, 15) is 18.0 Å². The third-order valence-corrected chi connectivity index (χ3v) is 6.15. The molecule has 0 saturated heterocycles. The summed E-state index contributed by atoms with van der Waals surface area (Å²) in [7, 11) is 1.93. The first kappa shape index (κ1) is 21.3. The SMILES string of the molecule is Cn1cc(-c2ccc3c(c2)CCN3C(=O)Cc2cccc(C(F)(F)F)c2)c2c1NC=NC2N. The summed E-state index contributed by atoms with van der Waals surface area (Å²) in [4.78, 5) is 18.8. The average Bonchev–Trinajstić information content (AvgIpc) is 3.35. The Labute approximate surface area is 188 Å². The quantitative estimate of drug-likeness (QED) is 0.623. The molecule has 1 aromatic heterocycles. The number of rotatable bonds is 3. The number of fused-ring (bicyclic) bond motifs is 2. The second-order valence-corrected chi connectivity index (χ2v) is 8.30. The molecule has 3 N–H and O–H groups in total. The molecule has 6 nitrogen and oxygen atoms in total. The van der Waals surface area contributed by atoms with E-state index in [4.69, 9.17) is 5.73 Å². The van der Waals surface area contributed by atoms with Gasteiger partial charge in [0, 0.05) is 36.6 Å². The summed E-state index contributed by atoms with van der Waals surface area (Å²) in [6, 6.07) is 10.8. The molecule has 0 radical (unpaired) electrons. The van der Waals surface area contributed by atoms with Gasteiger partial charge in [-0.3, -0.25) is 9.79 Å². The highest BCUT2D eigenvalue weighted by Crippen LogP contribution is 2.39. The Morgan fingerprint density at radius 1 is 1.24 bits per heavy atom. The van der Waals surface area contributed by atoms with E-state index in [-0.39, 0.29) is 12.3 Å². The van der Waals surface area contributed by atoms with Crippen molar-refractivity contribution in [1.29, 1.82) is 0 Å². The van der Waals surface area contributed by atoms with Crippen LogP contribution in [0.2, 0.25) is 0 Å². The molecule has 2 aliphatic heterocycles. The van der Waals surface area contributed by atoms with Crippen LogP contribution in [0.4, 0.5) is 24.7 Å². The van der Waals surface area contributed by atoms with E-state index >= 15 is 0 Å². The van der Waals surface area contributed by atoms with E-state index in [0.717, 1.165) is 45.9 Å². The number of aliphatic imine (C=N–C) groups is 1. The molecule has 5 rings (SSSR count). The van der Waals surface area contributed by atoms with Crippen LogP contribution < -0.4 is 16.0 Å². The predicted molar refractivity (Wildman–Crippen MR) is 121 cm³/mol. The van der Waals surface area contributed by atoms with Gasteiger partial charge in [0.15, 0.2) is 0 Å². The third kappa shape index (κ3) is 3.78. The van der Waals surface area contributed by atoms with Gasteiger partial charge in [0.25, 0.3) is 0 Å². The average molecular weight is 453 g/mol. The molecule has 170 valence electrons. The number of hydrogen-bond donors (Lipinski definition) is 2. The molecule has 3 aromatic rings. The molecule has 0 fully saturated rings. The molecule has 0 bridgehead atoms. The van der Waals surface area contributed by atoms with Crippen molar-refractivity contribution in [1.82, 2.24) is 4.57 Å². The molecule has 3 heterocycles. The summed E-state index contributed by atoms with van der Waals surface area (Å²) in [5.41, 5.74) is 10.5. The van der Waals surface area contributed by atoms with Crippen LogP contribution in [0.25, 0.3) is 11.1 Å². The summed E-state index contributed by atoms with van der Waals surface area (Å²) < 4.78 is 41.0. The van der Waals surface area contributed by atoms with Gasteiger partial charge in [0.1, 0.15) is 12.0 Å². The summed E-state index contributed by atoms with van der Waals surface area (Å²) >= 11 is 0. The normalized spacial score (nSPS) is 17.0. The number of nitrogens with zero attached hydrogens (tertiary/aromatic N) is 3. The fraction of sp³-hybridized carbons (Fsp3) is 0.250. The highest BCUT2D eigenvalue weighted by molar-refractivity contribution is 5.97. The first-order valence-electron chi connectivity index (χ1n) is 10.5. The maximum absolute atomic E-state index is 13.0. The Morgan fingerprint density at radius 2 is 2.06 bits per heavy atom. The van der Waals surface area contributed by atoms with Crippen LogP contribution in [0, 0.1) is 0 Å². The molecule has 1 atom stereocenters. The molecular weight excluding hydrogens is 431 g/mol. The highest BCUT2D eigenvalue weighted by atomic mass is 19.4. The van der Waals surface area contributed by atoms with Gasteiger partial charge in [-0.15, -0.1) is 0 Å². The smallest absolute Gasteiger partial charge is 0.337 e. The first-order valence-corrected chi connectivity index (χ1v) is 10.5. The number of carbonyl (C=O) groups excluding carboxylic acids is 1. The Hall–Kier alpha value is -3.59. The monoisotopic (exact) mass is 453 g/mol. The van der Waals surface area contributed by atoms with E-state index in [1.54, 1.807) is 17.3 Å². The first-order chi connectivity index (χ1) is 15.7. The van der Waals surface area contributed by atoms with Crippen molar-refractivity contribution in [3.05, 3.63) is 70.9 Å². The number of anilines is 2. The summed E-state index contributed by atoms with van der Waals surface area (Å²) in [6.45, 7) is 0.495. The van der Waals surface area contributed by atoms with Gasteiger partial charge in [-0.2, -0.15) is 13.2 Å². The number of halogens is 3. The molecule has 0 aliphatic carbocycles. The highest BCUT2D eigenvalue weighted by Gasteiger charge is 2.31. The van der Waals surface area contributed by atoms with Crippen LogP contribution in [-0.4, -0.2) is 23.4 Å². The summed E-state index contributed by atoms with van der Waals surface area (Å²) in [5, 5.41) is 3.13. The standard InChI is InChI=1S/C24H22F3N5O/c1-31-12-18(21-22(28)29-13-30-23(21)31)15-5-6-19-16(11-15)7-8-32(19)20(33)10-14-3-2-4-17(9-14)24(25,26)27/h2-6,9,11-13,22H,7-8,10,28H2,1H3,(H,29,30). The molecule has 1 amide bonds. The number of hydrogen-bond acceptors (Lipinski definition) is 4. The number of aromatic nitrogens is 1. The number of benzene rings is 2. The second-order valence-electron chi connectivity index (χ2n) is 8.30. The van der Waals surface area contributed by atoms with Crippen molar-refractivity contribution in [2.45, 2.75) is 25.2 Å². The van der Waals surface area contributed by atoms with Crippen LogP contribution >= 0.6 is 0 Å². The van der Waals surface area contributed by atoms with Gasteiger partial charge >= 0.3 is 6.18 Å². The predicted octanol–water partition coefficient (Wildman–Crippen LogP) is 4.25. The van der Waals surface area contributed by atoms with Gasteiger partial charge in [-0.05, 0) is 41.3 Å². The van der Waals surface area contributed by atoms with E-state index in [0.29, 0.717) is 18.5 Å².